The molecular weight excluding hydrogens is 279 g/mol. The van der Waals surface area contributed by atoms with E-state index in [4.69, 9.17) is 11.6 Å². The lowest BCUT2D eigenvalue weighted by Gasteiger charge is -2.07. The molecule has 82 valence electrons. The standard InChI is InChI=1S/C10H12BrClN2O/c1-2-13-6-10(15)14-9-4-3-7(12)5-8(9)11/h3-5,13H,2,6H2,1H3,(H,14,15). The van der Waals surface area contributed by atoms with E-state index in [0.29, 0.717) is 11.6 Å². The van der Waals surface area contributed by atoms with Crippen LogP contribution >= 0.6 is 27.5 Å². The number of nitrogens with one attached hydrogen (secondary N) is 2. The van der Waals surface area contributed by atoms with Crippen LogP contribution in [0.15, 0.2) is 22.7 Å². The molecule has 0 aliphatic heterocycles. The Hall–Kier alpha value is -0.580. The summed E-state index contributed by atoms with van der Waals surface area (Å²) >= 11 is 9.11. The molecule has 0 radical (unpaired) electrons. The molecule has 0 aliphatic rings. The third-order valence-electron chi connectivity index (χ3n) is 1.74. The first-order valence-electron chi connectivity index (χ1n) is 4.59. The van der Waals surface area contributed by atoms with Gasteiger partial charge in [-0.05, 0) is 40.7 Å². The van der Waals surface area contributed by atoms with E-state index >= 15 is 0 Å². The largest absolute Gasteiger partial charge is 0.324 e. The maximum atomic E-state index is 11.4. The Morgan fingerprint density at radius 3 is 2.87 bits per heavy atom. The SMILES string of the molecule is CCNCC(=O)Nc1ccc(Cl)cc1Br. The van der Waals surface area contributed by atoms with Crippen LogP contribution in [0.4, 0.5) is 5.69 Å². The molecule has 1 aromatic carbocycles. The first-order valence-corrected chi connectivity index (χ1v) is 5.76. The zero-order chi connectivity index (χ0) is 11.3. The Kier molecular flexibility index (Phi) is 5.08. The van der Waals surface area contributed by atoms with Crippen molar-refractivity contribution in [2.75, 3.05) is 18.4 Å². The first kappa shape index (κ1) is 12.5. The predicted molar refractivity (Wildman–Crippen MR) is 66.3 cm³/mol. The van der Waals surface area contributed by atoms with Crippen LogP contribution in [0.25, 0.3) is 0 Å². The van der Waals surface area contributed by atoms with Crippen LogP contribution in [-0.4, -0.2) is 19.0 Å². The Morgan fingerprint density at radius 1 is 1.53 bits per heavy atom. The van der Waals surface area contributed by atoms with Gasteiger partial charge in [0.05, 0.1) is 12.2 Å². The van der Waals surface area contributed by atoms with Gasteiger partial charge in [-0.2, -0.15) is 0 Å². The molecule has 0 bridgehead atoms. The van der Waals surface area contributed by atoms with Gasteiger partial charge in [-0.1, -0.05) is 18.5 Å². The second kappa shape index (κ2) is 6.10. The van der Waals surface area contributed by atoms with Crippen LogP contribution in [0.2, 0.25) is 5.02 Å². The van der Waals surface area contributed by atoms with Gasteiger partial charge >= 0.3 is 0 Å². The molecular formula is C10H12BrClN2O. The maximum Gasteiger partial charge on any atom is 0.238 e. The molecule has 3 nitrogen and oxygen atoms in total. The van der Waals surface area contributed by atoms with Crippen LogP contribution < -0.4 is 10.6 Å². The topological polar surface area (TPSA) is 41.1 Å². The number of amides is 1. The van der Waals surface area contributed by atoms with Gasteiger partial charge < -0.3 is 10.6 Å². The summed E-state index contributed by atoms with van der Waals surface area (Å²) in [6.45, 7) is 3.03. The van der Waals surface area contributed by atoms with Crippen LogP contribution in [0.3, 0.4) is 0 Å². The quantitative estimate of drug-likeness (QED) is 0.895. The third-order valence-corrected chi connectivity index (χ3v) is 2.63. The Morgan fingerprint density at radius 2 is 2.27 bits per heavy atom. The smallest absolute Gasteiger partial charge is 0.238 e. The van der Waals surface area contributed by atoms with E-state index in [1.54, 1.807) is 18.2 Å². The van der Waals surface area contributed by atoms with Crippen molar-refractivity contribution in [1.29, 1.82) is 0 Å². The molecule has 0 unspecified atom stereocenters. The molecule has 15 heavy (non-hydrogen) atoms. The Labute approximate surface area is 102 Å². The highest BCUT2D eigenvalue weighted by atomic mass is 79.9. The van der Waals surface area contributed by atoms with E-state index in [9.17, 15) is 4.79 Å². The highest BCUT2D eigenvalue weighted by Crippen LogP contribution is 2.25. The van der Waals surface area contributed by atoms with Crippen molar-refractivity contribution in [3.05, 3.63) is 27.7 Å². The number of hydrogen-bond acceptors (Lipinski definition) is 2. The lowest BCUT2D eigenvalue weighted by Crippen LogP contribution is -2.27. The van der Waals surface area contributed by atoms with Crippen LogP contribution in [-0.2, 0) is 4.79 Å². The third kappa shape index (κ3) is 4.20. The van der Waals surface area contributed by atoms with E-state index in [1.807, 2.05) is 6.92 Å². The van der Waals surface area contributed by atoms with Gasteiger partial charge in [0.2, 0.25) is 5.91 Å². The minimum atomic E-state index is -0.0696. The van der Waals surface area contributed by atoms with Gasteiger partial charge in [-0.3, -0.25) is 4.79 Å². The minimum absolute atomic E-state index is 0.0696. The average molecular weight is 292 g/mol. The summed E-state index contributed by atoms with van der Waals surface area (Å²) in [4.78, 5) is 11.4. The number of benzene rings is 1. The molecule has 0 aliphatic carbocycles. The van der Waals surface area contributed by atoms with E-state index in [-0.39, 0.29) is 5.91 Å². The fourth-order valence-electron chi connectivity index (χ4n) is 1.02. The van der Waals surface area contributed by atoms with Crippen molar-refractivity contribution in [1.82, 2.24) is 5.32 Å². The fourth-order valence-corrected chi connectivity index (χ4v) is 1.81. The number of anilines is 1. The fraction of sp³-hybridized carbons (Fsp3) is 0.300. The van der Waals surface area contributed by atoms with Gasteiger partial charge in [0.15, 0.2) is 0 Å². The molecule has 2 N–H and O–H groups in total. The molecule has 0 spiro atoms. The molecule has 1 rings (SSSR count). The summed E-state index contributed by atoms with van der Waals surface area (Å²) in [6, 6.07) is 5.23. The van der Waals surface area contributed by atoms with Crippen LogP contribution in [0.5, 0.6) is 0 Å². The summed E-state index contributed by atoms with van der Waals surface area (Å²) in [7, 11) is 0. The van der Waals surface area contributed by atoms with Crippen LogP contribution in [0, 0.1) is 0 Å². The van der Waals surface area contributed by atoms with Gasteiger partial charge in [0, 0.05) is 9.50 Å². The lowest BCUT2D eigenvalue weighted by molar-refractivity contribution is -0.115. The number of carbonyl (C=O) groups is 1. The monoisotopic (exact) mass is 290 g/mol. The number of carbonyl (C=O) groups excluding carboxylic acids is 1. The second-order valence-electron chi connectivity index (χ2n) is 2.95. The molecule has 0 saturated carbocycles. The highest BCUT2D eigenvalue weighted by molar-refractivity contribution is 9.10. The van der Waals surface area contributed by atoms with Crippen molar-refractivity contribution < 1.29 is 4.79 Å². The maximum absolute atomic E-state index is 11.4. The Bertz CT molecular complexity index is 357. The van der Waals surface area contributed by atoms with E-state index in [2.05, 4.69) is 26.6 Å². The molecule has 0 aromatic heterocycles. The normalized spacial score (nSPS) is 10.1. The lowest BCUT2D eigenvalue weighted by atomic mass is 10.3. The summed E-state index contributed by atoms with van der Waals surface area (Å²) in [5, 5.41) is 6.34. The zero-order valence-corrected chi connectivity index (χ0v) is 10.7. The highest BCUT2D eigenvalue weighted by Gasteiger charge is 2.04. The van der Waals surface area contributed by atoms with E-state index in [1.165, 1.54) is 0 Å². The molecule has 5 heteroatoms. The van der Waals surface area contributed by atoms with E-state index < -0.39 is 0 Å². The summed E-state index contributed by atoms with van der Waals surface area (Å²) < 4.78 is 0.778. The molecule has 0 atom stereocenters. The van der Waals surface area contributed by atoms with Crippen molar-refractivity contribution >= 4 is 39.1 Å². The van der Waals surface area contributed by atoms with Gasteiger partial charge in [-0.15, -0.1) is 0 Å². The van der Waals surface area contributed by atoms with Crippen molar-refractivity contribution in [2.24, 2.45) is 0 Å². The van der Waals surface area contributed by atoms with Crippen molar-refractivity contribution in [2.45, 2.75) is 6.92 Å². The first-order chi connectivity index (χ1) is 7.13. The van der Waals surface area contributed by atoms with Gasteiger partial charge in [-0.25, -0.2) is 0 Å². The van der Waals surface area contributed by atoms with Gasteiger partial charge in [0.1, 0.15) is 0 Å². The van der Waals surface area contributed by atoms with Gasteiger partial charge in [0.25, 0.3) is 0 Å². The second-order valence-corrected chi connectivity index (χ2v) is 4.24. The summed E-state index contributed by atoms with van der Waals surface area (Å²) in [6.07, 6.45) is 0. The van der Waals surface area contributed by atoms with Crippen molar-refractivity contribution in [3.8, 4) is 0 Å². The summed E-state index contributed by atoms with van der Waals surface area (Å²) in [5.74, 6) is -0.0696. The summed E-state index contributed by atoms with van der Waals surface area (Å²) in [5.41, 5.74) is 0.724. The number of hydrogen-bond donors (Lipinski definition) is 2. The molecule has 0 saturated heterocycles. The van der Waals surface area contributed by atoms with E-state index in [0.717, 1.165) is 16.7 Å². The molecule has 1 aromatic rings. The molecule has 0 fully saturated rings. The Balaban J connectivity index is 2.60. The zero-order valence-electron chi connectivity index (χ0n) is 8.31. The van der Waals surface area contributed by atoms with Crippen molar-refractivity contribution in [3.63, 3.8) is 0 Å². The number of rotatable bonds is 4. The molecule has 0 heterocycles. The predicted octanol–water partition coefficient (Wildman–Crippen LogP) is 2.65. The minimum Gasteiger partial charge on any atom is -0.324 e. The molecule has 1 amide bonds. The number of likely N-dealkylation sites (N-methyl/N-ethyl adjacent to an activating group) is 1. The number of halogens is 2. The average Bonchev–Trinajstić information content (AvgIpc) is 2.19. The van der Waals surface area contributed by atoms with Crippen LogP contribution in [0.1, 0.15) is 6.92 Å².